The summed E-state index contributed by atoms with van der Waals surface area (Å²) in [5.41, 5.74) is 2.03. The van der Waals surface area contributed by atoms with Gasteiger partial charge in [-0.1, -0.05) is 11.6 Å². The summed E-state index contributed by atoms with van der Waals surface area (Å²) < 4.78 is 0. The molecule has 0 bridgehead atoms. The van der Waals surface area contributed by atoms with E-state index in [-0.39, 0.29) is 0 Å². The molecular weight excluding hydrogens is 282 g/mol. The molecule has 2 heterocycles. The van der Waals surface area contributed by atoms with Crippen LogP contribution in [-0.4, -0.2) is 19.9 Å². The van der Waals surface area contributed by atoms with Gasteiger partial charge in [0.25, 0.3) is 0 Å². The predicted octanol–water partition coefficient (Wildman–Crippen LogP) is 3.03. The largest absolute Gasteiger partial charge is 0.333 e. The smallest absolute Gasteiger partial charge is 0.172 e. The van der Waals surface area contributed by atoms with Crippen molar-refractivity contribution in [3.63, 3.8) is 0 Å². The van der Waals surface area contributed by atoms with Crippen LogP contribution in [0.15, 0.2) is 40.8 Å². The van der Waals surface area contributed by atoms with E-state index in [1.54, 1.807) is 12.1 Å². The summed E-state index contributed by atoms with van der Waals surface area (Å²) in [6, 6.07) is 9.04. The Kier molecular flexibility index (Phi) is 3.07. The summed E-state index contributed by atoms with van der Waals surface area (Å²) in [7, 11) is 0. The van der Waals surface area contributed by atoms with Crippen LogP contribution in [0.25, 0.3) is 11.0 Å². The zero-order valence-electron chi connectivity index (χ0n) is 9.46. The normalized spacial score (nSPS) is 10.5. The predicted molar refractivity (Wildman–Crippen MR) is 72.0 cm³/mol. The lowest BCUT2D eigenvalue weighted by atomic mass is 10.3. The number of halogens is 1. The van der Waals surface area contributed by atoms with E-state index in [1.165, 1.54) is 18.1 Å². The summed E-state index contributed by atoms with van der Waals surface area (Å²) in [4.78, 5) is 15.5. The van der Waals surface area contributed by atoms with Crippen molar-refractivity contribution in [3.05, 3.63) is 41.3 Å². The number of aromatic nitrogens is 4. The van der Waals surface area contributed by atoms with Gasteiger partial charge in [0.1, 0.15) is 23.1 Å². The Bertz CT molecular complexity index is 792. The monoisotopic (exact) mass is 287 g/mol. The van der Waals surface area contributed by atoms with E-state index in [0.717, 1.165) is 11.0 Å². The molecule has 3 rings (SSSR count). The first kappa shape index (κ1) is 12.0. The van der Waals surface area contributed by atoms with Crippen LogP contribution in [0.4, 0.5) is 0 Å². The average Bonchev–Trinajstić information content (AvgIpc) is 2.80. The highest BCUT2D eigenvalue weighted by atomic mass is 35.5. The molecule has 0 unspecified atom stereocenters. The van der Waals surface area contributed by atoms with Crippen LogP contribution in [0, 0.1) is 11.3 Å². The minimum atomic E-state index is 0.330. The van der Waals surface area contributed by atoms with Gasteiger partial charge in [0.2, 0.25) is 0 Å². The van der Waals surface area contributed by atoms with Crippen molar-refractivity contribution in [2.24, 2.45) is 0 Å². The summed E-state index contributed by atoms with van der Waals surface area (Å²) in [5.74, 6) is 0. The zero-order valence-corrected chi connectivity index (χ0v) is 11.0. The van der Waals surface area contributed by atoms with Crippen LogP contribution in [-0.2, 0) is 0 Å². The van der Waals surface area contributed by atoms with Crippen LogP contribution in [0.2, 0.25) is 5.02 Å². The summed E-state index contributed by atoms with van der Waals surface area (Å²) in [6.45, 7) is 0. The van der Waals surface area contributed by atoms with Gasteiger partial charge in [-0.2, -0.15) is 5.26 Å². The number of rotatable bonds is 2. The molecule has 0 spiro atoms. The fraction of sp³-hybridized carbons (Fsp3) is 0. The molecule has 1 aromatic carbocycles. The second kappa shape index (κ2) is 4.88. The Morgan fingerprint density at radius 1 is 1.26 bits per heavy atom. The van der Waals surface area contributed by atoms with Gasteiger partial charge in [-0.15, -0.1) is 0 Å². The second-order valence-electron chi connectivity index (χ2n) is 3.66. The third-order valence-corrected chi connectivity index (χ3v) is 3.43. The first-order valence-electron chi connectivity index (χ1n) is 5.30. The average molecular weight is 288 g/mol. The van der Waals surface area contributed by atoms with Crippen LogP contribution in [0.5, 0.6) is 0 Å². The van der Waals surface area contributed by atoms with Gasteiger partial charge in [0.05, 0.1) is 11.0 Å². The van der Waals surface area contributed by atoms with Crippen LogP contribution in [0.1, 0.15) is 5.69 Å². The Labute approximate surface area is 117 Å². The summed E-state index contributed by atoms with van der Waals surface area (Å²) >= 11 is 7.25. The SMILES string of the molecule is N#Cc1cc(Sc2nc3ccc(Cl)cc3[nH]2)ncn1. The molecule has 0 radical (unpaired) electrons. The van der Waals surface area contributed by atoms with Crippen LogP contribution >= 0.6 is 23.4 Å². The fourth-order valence-corrected chi connectivity index (χ4v) is 2.51. The van der Waals surface area contributed by atoms with Gasteiger partial charge >= 0.3 is 0 Å². The minimum absolute atomic E-state index is 0.330. The number of aromatic amines is 1. The zero-order chi connectivity index (χ0) is 13.2. The van der Waals surface area contributed by atoms with Crippen molar-refractivity contribution in [1.29, 1.82) is 5.26 Å². The molecule has 3 aromatic rings. The van der Waals surface area contributed by atoms with E-state index in [4.69, 9.17) is 16.9 Å². The Morgan fingerprint density at radius 2 is 2.16 bits per heavy atom. The number of H-pyrrole nitrogens is 1. The molecule has 0 aliphatic heterocycles. The van der Waals surface area contributed by atoms with E-state index in [2.05, 4.69) is 19.9 Å². The quantitative estimate of drug-likeness (QED) is 0.733. The highest BCUT2D eigenvalue weighted by Crippen LogP contribution is 2.26. The van der Waals surface area contributed by atoms with Gasteiger partial charge in [-0.3, -0.25) is 0 Å². The Balaban J connectivity index is 1.94. The van der Waals surface area contributed by atoms with E-state index in [9.17, 15) is 0 Å². The molecule has 19 heavy (non-hydrogen) atoms. The molecule has 2 aromatic heterocycles. The third kappa shape index (κ3) is 2.52. The van der Waals surface area contributed by atoms with Crippen molar-refractivity contribution < 1.29 is 0 Å². The molecule has 0 saturated carbocycles. The molecule has 0 fully saturated rings. The number of fused-ring (bicyclic) bond motifs is 1. The number of hydrogen-bond donors (Lipinski definition) is 1. The molecule has 5 nitrogen and oxygen atoms in total. The maximum absolute atomic E-state index is 8.79. The molecule has 0 aliphatic rings. The van der Waals surface area contributed by atoms with E-state index in [1.807, 2.05) is 18.2 Å². The number of benzene rings is 1. The molecule has 0 amide bonds. The van der Waals surface area contributed by atoms with Crippen LogP contribution < -0.4 is 0 Å². The summed E-state index contributed by atoms with van der Waals surface area (Å²) in [5, 5.41) is 10.8. The highest BCUT2D eigenvalue weighted by Gasteiger charge is 2.07. The van der Waals surface area contributed by atoms with Crippen molar-refractivity contribution in [1.82, 2.24) is 19.9 Å². The highest BCUT2D eigenvalue weighted by molar-refractivity contribution is 7.99. The van der Waals surface area contributed by atoms with E-state index in [0.29, 0.717) is 20.9 Å². The number of hydrogen-bond acceptors (Lipinski definition) is 5. The maximum atomic E-state index is 8.79. The standard InChI is InChI=1S/C12H6ClN5S/c13-7-1-2-9-10(3-7)18-12(17-9)19-11-4-8(5-14)15-6-16-11/h1-4,6H,(H,17,18). The molecular formula is C12H6ClN5S. The number of nitrogens with one attached hydrogen (secondary N) is 1. The van der Waals surface area contributed by atoms with E-state index >= 15 is 0 Å². The summed E-state index contributed by atoms with van der Waals surface area (Å²) in [6.07, 6.45) is 1.36. The van der Waals surface area contributed by atoms with Gasteiger partial charge in [-0.25, -0.2) is 15.0 Å². The molecule has 0 saturated heterocycles. The van der Waals surface area contributed by atoms with Gasteiger partial charge in [0.15, 0.2) is 5.16 Å². The lowest BCUT2D eigenvalue weighted by molar-refractivity contribution is 1.01. The molecule has 92 valence electrons. The molecule has 1 N–H and O–H groups in total. The first-order chi connectivity index (χ1) is 9.24. The van der Waals surface area contributed by atoms with Crippen LogP contribution in [0.3, 0.4) is 0 Å². The van der Waals surface area contributed by atoms with Crippen molar-refractivity contribution >= 4 is 34.4 Å². The fourth-order valence-electron chi connectivity index (χ4n) is 1.56. The van der Waals surface area contributed by atoms with E-state index < -0.39 is 0 Å². The van der Waals surface area contributed by atoms with Crippen molar-refractivity contribution in [2.75, 3.05) is 0 Å². The topological polar surface area (TPSA) is 78.2 Å². The van der Waals surface area contributed by atoms with Gasteiger partial charge < -0.3 is 4.98 Å². The lowest BCUT2D eigenvalue weighted by Crippen LogP contribution is -1.87. The lowest BCUT2D eigenvalue weighted by Gasteiger charge is -1.95. The number of nitriles is 1. The minimum Gasteiger partial charge on any atom is -0.333 e. The first-order valence-corrected chi connectivity index (χ1v) is 6.49. The third-order valence-electron chi connectivity index (χ3n) is 2.38. The molecule has 0 aliphatic carbocycles. The van der Waals surface area contributed by atoms with Crippen molar-refractivity contribution in [2.45, 2.75) is 10.2 Å². The van der Waals surface area contributed by atoms with Crippen molar-refractivity contribution in [3.8, 4) is 6.07 Å². The Hall–Kier alpha value is -2.10. The molecule has 7 heteroatoms. The number of nitrogens with zero attached hydrogens (tertiary/aromatic N) is 4. The van der Waals surface area contributed by atoms with Gasteiger partial charge in [-0.05, 0) is 30.0 Å². The number of imidazole rings is 1. The second-order valence-corrected chi connectivity index (χ2v) is 5.10. The molecule has 0 atom stereocenters. The Morgan fingerprint density at radius 3 is 3.00 bits per heavy atom. The van der Waals surface area contributed by atoms with Gasteiger partial charge in [0, 0.05) is 11.1 Å². The maximum Gasteiger partial charge on any atom is 0.172 e.